The molecule has 2 nitrogen and oxygen atoms in total. The van der Waals surface area contributed by atoms with Gasteiger partial charge in [-0.05, 0) is 51.9 Å². The molecule has 1 aliphatic rings. The predicted octanol–water partition coefficient (Wildman–Crippen LogP) is 6.42. The van der Waals surface area contributed by atoms with E-state index in [2.05, 4.69) is 0 Å². The fraction of sp³-hybridized carbons (Fsp3) is 0.0833. The summed E-state index contributed by atoms with van der Waals surface area (Å²) < 4.78 is 65.8. The van der Waals surface area contributed by atoms with Crippen molar-refractivity contribution in [2.75, 3.05) is 0 Å². The third-order valence-electron chi connectivity index (χ3n) is 5.56. The molecule has 0 bridgehead atoms. The van der Waals surface area contributed by atoms with Crippen molar-refractivity contribution in [3.05, 3.63) is 94.5 Å². The number of carbonyl (C=O) groups is 2. The molecule has 0 aromatic heterocycles. The maximum absolute atomic E-state index is 13.8. The molecule has 0 N–H and O–H groups in total. The van der Waals surface area contributed by atoms with Gasteiger partial charge in [-0.15, -0.1) is 0 Å². The maximum Gasteiger partial charge on any atom is 0.458 e. The Hall–Kier alpha value is -3.61. The highest BCUT2D eigenvalue weighted by Crippen LogP contribution is 2.44. The summed E-state index contributed by atoms with van der Waals surface area (Å²) in [5.74, 6) is -5.92. The number of ketones is 2. The van der Waals surface area contributed by atoms with E-state index in [1.54, 1.807) is 30.3 Å². The molecule has 0 spiro atoms. The van der Waals surface area contributed by atoms with Gasteiger partial charge in [0.2, 0.25) is 0 Å². The van der Waals surface area contributed by atoms with Crippen molar-refractivity contribution in [1.29, 1.82) is 0 Å². The Labute approximate surface area is 171 Å². The second-order valence-corrected chi connectivity index (χ2v) is 7.44. The lowest BCUT2D eigenvalue weighted by atomic mass is 9.81. The Bertz CT molecular complexity index is 1430. The average Bonchev–Trinajstić information content (AvgIpc) is 2.74. The molecule has 0 heterocycles. The van der Waals surface area contributed by atoms with E-state index in [-0.39, 0.29) is 33.0 Å². The van der Waals surface area contributed by atoms with Crippen molar-refractivity contribution in [3.63, 3.8) is 0 Å². The third kappa shape index (κ3) is 2.76. The van der Waals surface area contributed by atoms with Gasteiger partial charge in [0.05, 0.1) is 0 Å². The molecule has 1 aliphatic carbocycles. The maximum atomic E-state index is 13.8. The smallest absolute Gasteiger partial charge is 0.289 e. The van der Waals surface area contributed by atoms with Crippen molar-refractivity contribution in [3.8, 4) is 0 Å². The van der Waals surface area contributed by atoms with E-state index >= 15 is 0 Å². The van der Waals surface area contributed by atoms with Gasteiger partial charge < -0.3 is 0 Å². The molecule has 0 atom stereocenters. The third-order valence-corrected chi connectivity index (χ3v) is 5.56. The van der Waals surface area contributed by atoms with Gasteiger partial charge in [0.15, 0.2) is 11.6 Å². The molecule has 7 heteroatoms. The standard InChI is InChI=1S/C24H11F5O2/c25-23(26,24(27,28)29)16-6-5-14-10-19-20(11-15(14)7-16)22(31)18-9-13-4-2-1-3-12(13)8-17(18)21(19)30/h1-11H. The lowest BCUT2D eigenvalue weighted by Gasteiger charge is -2.21. The molecule has 31 heavy (non-hydrogen) atoms. The fourth-order valence-corrected chi connectivity index (χ4v) is 3.94. The van der Waals surface area contributed by atoms with Gasteiger partial charge in [-0.1, -0.05) is 36.4 Å². The molecule has 4 aromatic carbocycles. The van der Waals surface area contributed by atoms with Crippen LogP contribution in [0.15, 0.2) is 66.7 Å². The second kappa shape index (κ2) is 6.20. The number of halogens is 5. The molecule has 0 radical (unpaired) electrons. The second-order valence-electron chi connectivity index (χ2n) is 7.44. The first-order chi connectivity index (χ1) is 14.6. The van der Waals surface area contributed by atoms with E-state index in [4.69, 9.17) is 0 Å². The number of carbonyl (C=O) groups excluding carboxylic acids is 2. The monoisotopic (exact) mass is 426 g/mol. The molecule has 0 amide bonds. The average molecular weight is 426 g/mol. The highest BCUT2D eigenvalue weighted by atomic mass is 19.4. The minimum atomic E-state index is -5.75. The highest BCUT2D eigenvalue weighted by Gasteiger charge is 2.58. The van der Waals surface area contributed by atoms with Crippen LogP contribution in [-0.2, 0) is 5.92 Å². The van der Waals surface area contributed by atoms with Gasteiger partial charge in [-0.2, -0.15) is 22.0 Å². The number of benzene rings is 4. The zero-order valence-corrected chi connectivity index (χ0v) is 15.6. The SMILES string of the molecule is O=C1c2cc3ccccc3cc2C(=O)c2cc3cc(C(F)(F)C(F)(F)F)ccc3cc21. The Morgan fingerprint density at radius 1 is 0.516 bits per heavy atom. The molecule has 4 aromatic rings. The predicted molar refractivity (Wildman–Crippen MR) is 105 cm³/mol. The van der Waals surface area contributed by atoms with Crippen molar-refractivity contribution < 1.29 is 31.5 Å². The van der Waals surface area contributed by atoms with E-state index in [9.17, 15) is 31.5 Å². The Kier molecular flexibility index (Phi) is 3.87. The normalized spacial score (nSPS) is 14.1. The van der Waals surface area contributed by atoms with Crippen LogP contribution in [0.4, 0.5) is 22.0 Å². The molecule has 0 saturated carbocycles. The summed E-state index contributed by atoms with van der Waals surface area (Å²) >= 11 is 0. The molecule has 0 fully saturated rings. The van der Waals surface area contributed by atoms with E-state index in [0.29, 0.717) is 12.1 Å². The lowest BCUT2D eigenvalue weighted by molar-refractivity contribution is -0.289. The molecule has 0 aliphatic heterocycles. The Morgan fingerprint density at radius 3 is 1.39 bits per heavy atom. The number of hydrogen-bond donors (Lipinski definition) is 0. The summed E-state index contributed by atoms with van der Waals surface area (Å²) in [5, 5.41) is 1.83. The Morgan fingerprint density at radius 2 is 0.935 bits per heavy atom. The van der Waals surface area contributed by atoms with Gasteiger partial charge in [-0.25, -0.2) is 0 Å². The first-order valence-corrected chi connectivity index (χ1v) is 9.23. The van der Waals surface area contributed by atoms with Crippen LogP contribution in [0, 0.1) is 0 Å². The first-order valence-electron chi connectivity index (χ1n) is 9.23. The van der Waals surface area contributed by atoms with Gasteiger partial charge in [0, 0.05) is 27.8 Å². The van der Waals surface area contributed by atoms with Crippen LogP contribution < -0.4 is 0 Å². The summed E-state index contributed by atoms with van der Waals surface area (Å²) in [5.41, 5.74) is -0.750. The summed E-state index contributed by atoms with van der Waals surface area (Å²) in [4.78, 5) is 26.2. The molecule has 0 unspecified atom stereocenters. The zero-order chi connectivity index (χ0) is 22.1. The fourth-order valence-electron chi connectivity index (χ4n) is 3.94. The number of rotatable bonds is 1. The van der Waals surface area contributed by atoms with E-state index < -0.39 is 29.2 Å². The molecule has 154 valence electrons. The quantitative estimate of drug-likeness (QED) is 0.290. The van der Waals surface area contributed by atoms with Gasteiger partial charge >= 0.3 is 12.1 Å². The number of alkyl halides is 5. The summed E-state index contributed by atoms with van der Waals surface area (Å²) in [6, 6.07) is 15.5. The largest absolute Gasteiger partial charge is 0.458 e. The van der Waals surface area contributed by atoms with Crippen LogP contribution in [0.2, 0.25) is 0 Å². The van der Waals surface area contributed by atoms with Crippen molar-refractivity contribution in [1.82, 2.24) is 0 Å². The van der Waals surface area contributed by atoms with E-state index in [0.717, 1.165) is 16.8 Å². The molecular formula is C24H11F5O2. The topological polar surface area (TPSA) is 34.1 Å². The summed E-state index contributed by atoms with van der Waals surface area (Å²) in [7, 11) is 0. The van der Waals surface area contributed by atoms with Crippen molar-refractivity contribution >= 4 is 33.1 Å². The molecular weight excluding hydrogens is 415 g/mol. The van der Waals surface area contributed by atoms with Crippen molar-refractivity contribution in [2.45, 2.75) is 12.1 Å². The van der Waals surface area contributed by atoms with Gasteiger partial charge in [-0.3, -0.25) is 9.59 Å². The minimum absolute atomic E-state index is 0.0190. The summed E-state index contributed by atoms with van der Waals surface area (Å²) in [6.45, 7) is 0. The highest BCUT2D eigenvalue weighted by molar-refractivity contribution is 6.30. The first kappa shape index (κ1) is 19.4. The Balaban J connectivity index is 1.71. The zero-order valence-electron chi connectivity index (χ0n) is 15.6. The van der Waals surface area contributed by atoms with E-state index in [1.165, 1.54) is 12.1 Å². The van der Waals surface area contributed by atoms with Crippen LogP contribution in [0.5, 0.6) is 0 Å². The number of hydrogen-bond acceptors (Lipinski definition) is 2. The van der Waals surface area contributed by atoms with Crippen LogP contribution in [0.1, 0.15) is 37.4 Å². The van der Waals surface area contributed by atoms with Crippen LogP contribution >= 0.6 is 0 Å². The molecule has 0 saturated heterocycles. The molecule has 5 rings (SSSR count). The minimum Gasteiger partial charge on any atom is -0.289 e. The van der Waals surface area contributed by atoms with Crippen molar-refractivity contribution in [2.24, 2.45) is 0 Å². The van der Waals surface area contributed by atoms with Gasteiger partial charge in [0.25, 0.3) is 0 Å². The van der Waals surface area contributed by atoms with Crippen LogP contribution in [0.25, 0.3) is 21.5 Å². The lowest BCUT2D eigenvalue weighted by Crippen LogP contribution is -2.33. The van der Waals surface area contributed by atoms with E-state index in [1.807, 2.05) is 6.07 Å². The summed E-state index contributed by atoms with van der Waals surface area (Å²) in [6.07, 6.45) is -5.75. The van der Waals surface area contributed by atoms with Gasteiger partial charge in [0.1, 0.15) is 0 Å². The van der Waals surface area contributed by atoms with Crippen LogP contribution in [0.3, 0.4) is 0 Å². The number of fused-ring (bicyclic) bond motifs is 4. The van der Waals surface area contributed by atoms with Crippen LogP contribution in [-0.4, -0.2) is 17.7 Å².